The van der Waals surface area contributed by atoms with Gasteiger partial charge in [-0.1, -0.05) is 0 Å². The van der Waals surface area contributed by atoms with E-state index in [9.17, 15) is 14.0 Å². The summed E-state index contributed by atoms with van der Waals surface area (Å²) in [7, 11) is 0. The van der Waals surface area contributed by atoms with Gasteiger partial charge in [0.2, 0.25) is 0 Å². The Morgan fingerprint density at radius 1 is 1.17 bits per heavy atom. The Morgan fingerprint density at radius 3 is 2.46 bits per heavy atom. The first-order valence-electron chi connectivity index (χ1n) is 7.12. The van der Waals surface area contributed by atoms with E-state index < -0.39 is 24.3 Å². The molecule has 0 N–H and O–H groups in total. The standard InChI is InChI=1S/C17H14FN3O3/c18-14-2-4-15(5-3-14)21(11-1-8-19)16(22)12-24-17(23)13-6-9-20-10-7-13/h2-7,9-10H,1,11-12H2. The van der Waals surface area contributed by atoms with Gasteiger partial charge in [0.05, 0.1) is 18.1 Å². The smallest absolute Gasteiger partial charge is 0.338 e. The Bertz CT molecular complexity index is 742. The fourth-order valence-electron chi connectivity index (χ4n) is 1.96. The molecular formula is C17H14FN3O3. The summed E-state index contributed by atoms with van der Waals surface area (Å²) in [5, 5.41) is 8.72. The zero-order chi connectivity index (χ0) is 17.4. The number of anilines is 1. The van der Waals surface area contributed by atoms with Gasteiger partial charge in [-0.25, -0.2) is 9.18 Å². The highest BCUT2D eigenvalue weighted by atomic mass is 19.1. The Balaban J connectivity index is 2.03. The van der Waals surface area contributed by atoms with E-state index in [4.69, 9.17) is 10.00 Å². The maximum Gasteiger partial charge on any atom is 0.338 e. The predicted molar refractivity (Wildman–Crippen MR) is 83.5 cm³/mol. The maximum atomic E-state index is 13.0. The molecule has 0 bridgehead atoms. The lowest BCUT2D eigenvalue weighted by Gasteiger charge is -2.21. The number of nitriles is 1. The van der Waals surface area contributed by atoms with E-state index in [-0.39, 0.29) is 18.5 Å². The number of hydrogen-bond donors (Lipinski definition) is 0. The summed E-state index contributed by atoms with van der Waals surface area (Å²) < 4.78 is 18.0. The summed E-state index contributed by atoms with van der Waals surface area (Å²) in [6.07, 6.45) is 2.98. The molecule has 0 radical (unpaired) electrons. The predicted octanol–water partition coefficient (Wildman–Crippen LogP) is 2.32. The summed E-state index contributed by atoms with van der Waals surface area (Å²) in [5.74, 6) is -1.58. The molecular weight excluding hydrogens is 313 g/mol. The van der Waals surface area contributed by atoms with Gasteiger partial charge < -0.3 is 9.64 Å². The van der Waals surface area contributed by atoms with Crippen LogP contribution in [0.15, 0.2) is 48.8 Å². The molecule has 122 valence electrons. The van der Waals surface area contributed by atoms with Crippen LogP contribution in [-0.4, -0.2) is 30.0 Å². The topological polar surface area (TPSA) is 83.3 Å². The number of aromatic nitrogens is 1. The Hall–Kier alpha value is -3.27. The van der Waals surface area contributed by atoms with Crippen molar-refractivity contribution in [1.82, 2.24) is 4.98 Å². The minimum absolute atomic E-state index is 0.0986. The first-order chi connectivity index (χ1) is 11.6. The van der Waals surface area contributed by atoms with Crippen LogP contribution in [0.4, 0.5) is 10.1 Å². The van der Waals surface area contributed by atoms with Gasteiger partial charge >= 0.3 is 5.97 Å². The van der Waals surface area contributed by atoms with Crippen LogP contribution in [0.5, 0.6) is 0 Å². The minimum Gasteiger partial charge on any atom is -0.452 e. The molecule has 0 unspecified atom stereocenters. The van der Waals surface area contributed by atoms with Crippen molar-refractivity contribution in [2.45, 2.75) is 6.42 Å². The van der Waals surface area contributed by atoms with Gasteiger partial charge in [-0.2, -0.15) is 5.26 Å². The number of carbonyl (C=O) groups excluding carboxylic acids is 2. The molecule has 6 nitrogen and oxygen atoms in total. The van der Waals surface area contributed by atoms with E-state index in [0.717, 1.165) is 0 Å². The molecule has 1 heterocycles. The molecule has 7 heteroatoms. The summed E-state index contributed by atoms with van der Waals surface area (Å²) in [4.78, 5) is 29.2. The second-order valence-corrected chi connectivity index (χ2v) is 4.74. The van der Waals surface area contributed by atoms with Gasteiger partial charge in [0, 0.05) is 24.6 Å². The molecule has 0 fully saturated rings. The second-order valence-electron chi connectivity index (χ2n) is 4.74. The van der Waals surface area contributed by atoms with Crippen LogP contribution >= 0.6 is 0 Å². The highest BCUT2D eigenvalue weighted by Crippen LogP contribution is 2.16. The third kappa shape index (κ3) is 4.61. The van der Waals surface area contributed by atoms with Gasteiger partial charge in [-0.3, -0.25) is 9.78 Å². The number of amides is 1. The van der Waals surface area contributed by atoms with Gasteiger partial charge in [-0.05, 0) is 36.4 Å². The third-order valence-corrected chi connectivity index (χ3v) is 3.13. The highest BCUT2D eigenvalue weighted by molar-refractivity contribution is 5.97. The number of benzene rings is 1. The molecule has 0 atom stereocenters. The molecule has 1 aromatic heterocycles. The van der Waals surface area contributed by atoms with E-state index >= 15 is 0 Å². The van der Waals surface area contributed by atoms with Crippen molar-refractivity contribution in [3.05, 3.63) is 60.2 Å². The summed E-state index contributed by atoms with van der Waals surface area (Å²) >= 11 is 0. The number of ether oxygens (including phenoxy) is 1. The van der Waals surface area contributed by atoms with Gasteiger partial charge in [0.25, 0.3) is 5.91 Å². The quantitative estimate of drug-likeness (QED) is 0.760. The van der Waals surface area contributed by atoms with E-state index in [0.29, 0.717) is 5.69 Å². The molecule has 0 aliphatic heterocycles. The molecule has 0 aliphatic carbocycles. The molecule has 0 saturated carbocycles. The van der Waals surface area contributed by atoms with Crippen LogP contribution in [-0.2, 0) is 9.53 Å². The fourth-order valence-corrected chi connectivity index (χ4v) is 1.96. The van der Waals surface area contributed by atoms with E-state index in [1.165, 1.54) is 53.7 Å². The van der Waals surface area contributed by atoms with Crippen molar-refractivity contribution in [2.24, 2.45) is 0 Å². The second kappa shape index (κ2) is 8.39. The van der Waals surface area contributed by atoms with Crippen LogP contribution in [0.25, 0.3) is 0 Å². The monoisotopic (exact) mass is 327 g/mol. The molecule has 0 saturated heterocycles. The molecule has 2 rings (SSSR count). The van der Waals surface area contributed by atoms with Crippen LogP contribution in [0.3, 0.4) is 0 Å². The van der Waals surface area contributed by atoms with E-state index in [1.807, 2.05) is 6.07 Å². The minimum atomic E-state index is -0.648. The first-order valence-corrected chi connectivity index (χ1v) is 7.12. The Morgan fingerprint density at radius 2 is 1.83 bits per heavy atom. The number of rotatable bonds is 6. The van der Waals surface area contributed by atoms with Gasteiger partial charge in [-0.15, -0.1) is 0 Å². The van der Waals surface area contributed by atoms with Crippen molar-refractivity contribution in [2.75, 3.05) is 18.1 Å². The van der Waals surface area contributed by atoms with Gasteiger partial charge in [0.15, 0.2) is 6.61 Å². The van der Waals surface area contributed by atoms with Crippen LogP contribution in [0.1, 0.15) is 16.8 Å². The van der Waals surface area contributed by atoms with E-state index in [2.05, 4.69) is 4.98 Å². The van der Waals surface area contributed by atoms with Crippen LogP contribution in [0.2, 0.25) is 0 Å². The average molecular weight is 327 g/mol. The molecule has 0 aliphatic rings. The first kappa shape index (κ1) is 17.1. The van der Waals surface area contributed by atoms with Crippen LogP contribution in [0, 0.1) is 17.1 Å². The summed E-state index contributed by atoms with van der Waals surface area (Å²) in [6.45, 7) is -0.363. The van der Waals surface area contributed by atoms with Crippen molar-refractivity contribution < 1.29 is 18.7 Å². The van der Waals surface area contributed by atoms with E-state index in [1.54, 1.807) is 0 Å². The zero-order valence-corrected chi connectivity index (χ0v) is 12.7. The SMILES string of the molecule is N#CCCN(C(=O)COC(=O)c1ccncc1)c1ccc(F)cc1. The van der Waals surface area contributed by atoms with Crippen molar-refractivity contribution in [1.29, 1.82) is 5.26 Å². The molecule has 24 heavy (non-hydrogen) atoms. The third-order valence-electron chi connectivity index (χ3n) is 3.13. The lowest BCUT2D eigenvalue weighted by atomic mass is 10.2. The van der Waals surface area contributed by atoms with Crippen molar-refractivity contribution >= 4 is 17.6 Å². The lowest BCUT2D eigenvalue weighted by molar-refractivity contribution is -0.121. The number of pyridine rings is 1. The normalized spacial score (nSPS) is 9.83. The molecule has 2 aromatic rings. The number of halogens is 1. The van der Waals surface area contributed by atoms with Crippen molar-refractivity contribution in [3.63, 3.8) is 0 Å². The summed E-state index contributed by atoms with van der Waals surface area (Å²) in [5.41, 5.74) is 0.708. The Kier molecular flexibility index (Phi) is 5.97. The van der Waals surface area contributed by atoms with Gasteiger partial charge in [0.1, 0.15) is 5.82 Å². The number of nitrogens with zero attached hydrogens (tertiary/aromatic N) is 3. The van der Waals surface area contributed by atoms with Crippen LogP contribution < -0.4 is 4.90 Å². The molecule has 0 spiro atoms. The molecule has 1 aromatic carbocycles. The zero-order valence-electron chi connectivity index (χ0n) is 12.7. The number of hydrogen-bond acceptors (Lipinski definition) is 5. The number of carbonyl (C=O) groups is 2. The Labute approximate surface area is 138 Å². The fraction of sp³-hybridized carbons (Fsp3) is 0.176. The van der Waals surface area contributed by atoms with Crippen molar-refractivity contribution in [3.8, 4) is 6.07 Å². The molecule has 1 amide bonds. The number of esters is 1. The largest absolute Gasteiger partial charge is 0.452 e. The lowest BCUT2D eigenvalue weighted by Crippen LogP contribution is -2.35. The average Bonchev–Trinajstić information content (AvgIpc) is 2.62. The highest BCUT2D eigenvalue weighted by Gasteiger charge is 2.18. The maximum absolute atomic E-state index is 13.0. The summed E-state index contributed by atoms with van der Waals surface area (Å²) in [6, 6.07) is 10.2.